The molecule has 1 aromatic rings. The van der Waals surface area contributed by atoms with Gasteiger partial charge in [0.25, 0.3) is 0 Å². The Morgan fingerprint density at radius 3 is 2.11 bits per heavy atom. The molecular formula is C23H35N3O2. The first-order valence-electron chi connectivity index (χ1n) is 10.7. The van der Waals surface area contributed by atoms with Crippen LogP contribution in [0.3, 0.4) is 0 Å². The van der Waals surface area contributed by atoms with E-state index in [0.29, 0.717) is 31.3 Å². The summed E-state index contributed by atoms with van der Waals surface area (Å²) in [5.74, 6) is 1.59. The summed E-state index contributed by atoms with van der Waals surface area (Å²) in [4.78, 5) is 31.8. The monoisotopic (exact) mass is 385 g/mol. The van der Waals surface area contributed by atoms with Gasteiger partial charge in [-0.3, -0.25) is 14.5 Å². The average molecular weight is 386 g/mol. The third-order valence-electron chi connectivity index (χ3n) is 6.23. The Labute approximate surface area is 169 Å². The van der Waals surface area contributed by atoms with Gasteiger partial charge in [-0.1, -0.05) is 43.7 Å². The second kappa shape index (κ2) is 9.08. The summed E-state index contributed by atoms with van der Waals surface area (Å²) in [5.41, 5.74) is 2.27. The minimum absolute atomic E-state index is 0.105. The molecular weight excluding hydrogens is 350 g/mol. The molecule has 154 valence electrons. The lowest BCUT2D eigenvalue weighted by Gasteiger charge is -2.41. The summed E-state index contributed by atoms with van der Waals surface area (Å²) in [6.07, 6.45) is 1.66. The number of nitrogens with zero attached hydrogens (tertiary/aromatic N) is 3. The molecule has 0 N–H and O–H groups in total. The molecule has 3 rings (SSSR count). The summed E-state index contributed by atoms with van der Waals surface area (Å²) >= 11 is 0. The maximum absolute atomic E-state index is 13.0. The van der Waals surface area contributed by atoms with Gasteiger partial charge in [0.2, 0.25) is 11.8 Å². The van der Waals surface area contributed by atoms with Crippen LogP contribution in [-0.4, -0.2) is 71.8 Å². The van der Waals surface area contributed by atoms with Crippen molar-refractivity contribution in [1.82, 2.24) is 14.7 Å². The van der Waals surface area contributed by atoms with Crippen LogP contribution in [0.1, 0.15) is 38.3 Å². The topological polar surface area (TPSA) is 43.9 Å². The minimum Gasteiger partial charge on any atom is -0.341 e. The highest BCUT2D eigenvalue weighted by molar-refractivity contribution is 5.82. The van der Waals surface area contributed by atoms with E-state index in [1.165, 1.54) is 12.0 Å². The number of aryl methyl sites for hydroxylation is 1. The van der Waals surface area contributed by atoms with Gasteiger partial charge in [0, 0.05) is 39.3 Å². The van der Waals surface area contributed by atoms with Crippen molar-refractivity contribution in [1.29, 1.82) is 0 Å². The first-order chi connectivity index (χ1) is 13.3. The van der Waals surface area contributed by atoms with Gasteiger partial charge in [0.05, 0.1) is 12.5 Å². The van der Waals surface area contributed by atoms with Gasteiger partial charge >= 0.3 is 0 Å². The lowest BCUT2D eigenvalue weighted by Crippen LogP contribution is -2.57. The molecule has 0 radical (unpaired) electrons. The van der Waals surface area contributed by atoms with Gasteiger partial charge in [-0.15, -0.1) is 0 Å². The molecule has 3 unspecified atom stereocenters. The van der Waals surface area contributed by atoms with Crippen LogP contribution in [0.15, 0.2) is 24.3 Å². The van der Waals surface area contributed by atoms with E-state index in [1.54, 1.807) is 0 Å². The van der Waals surface area contributed by atoms with Crippen LogP contribution in [0.5, 0.6) is 0 Å². The van der Waals surface area contributed by atoms with Crippen molar-refractivity contribution in [3.05, 3.63) is 35.4 Å². The van der Waals surface area contributed by atoms with E-state index in [9.17, 15) is 9.59 Å². The number of carbonyl (C=O) groups excluding carboxylic acids is 2. The van der Waals surface area contributed by atoms with E-state index < -0.39 is 0 Å². The standard InChI is InChI=1S/C23H35N3O2/c1-17-5-7-21(8-6-17)14-22(27)25-11-9-24(10-12-25)20(4)23(28)26-15-18(2)13-19(3)16-26/h5-8,18-20H,9-16H2,1-4H3. The number of hydrogen-bond acceptors (Lipinski definition) is 3. The molecule has 28 heavy (non-hydrogen) atoms. The van der Waals surface area contributed by atoms with E-state index in [2.05, 4.69) is 42.7 Å². The number of benzene rings is 1. The normalized spacial score (nSPS) is 24.9. The number of piperidine rings is 1. The number of likely N-dealkylation sites (tertiary alicyclic amines) is 1. The van der Waals surface area contributed by atoms with Gasteiger partial charge in [-0.2, -0.15) is 0 Å². The molecule has 0 saturated carbocycles. The zero-order chi connectivity index (χ0) is 20.3. The van der Waals surface area contributed by atoms with Crippen LogP contribution >= 0.6 is 0 Å². The Morgan fingerprint density at radius 1 is 0.964 bits per heavy atom. The molecule has 2 saturated heterocycles. The molecule has 2 fully saturated rings. The zero-order valence-corrected chi connectivity index (χ0v) is 17.9. The largest absolute Gasteiger partial charge is 0.341 e. The van der Waals surface area contributed by atoms with Crippen molar-refractivity contribution < 1.29 is 9.59 Å². The quantitative estimate of drug-likeness (QED) is 0.800. The Balaban J connectivity index is 1.49. The molecule has 2 heterocycles. The Kier molecular flexibility index (Phi) is 6.76. The molecule has 5 heteroatoms. The van der Waals surface area contributed by atoms with Crippen LogP contribution in [0.4, 0.5) is 0 Å². The average Bonchev–Trinajstić information content (AvgIpc) is 2.68. The minimum atomic E-state index is -0.105. The van der Waals surface area contributed by atoms with E-state index in [0.717, 1.165) is 31.7 Å². The number of amides is 2. The molecule has 0 spiro atoms. The van der Waals surface area contributed by atoms with E-state index >= 15 is 0 Å². The maximum atomic E-state index is 13.0. The fourth-order valence-electron chi connectivity index (χ4n) is 4.61. The lowest BCUT2D eigenvalue weighted by molar-refractivity contribution is -0.140. The fourth-order valence-corrected chi connectivity index (χ4v) is 4.61. The summed E-state index contributed by atoms with van der Waals surface area (Å²) < 4.78 is 0. The van der Waals surface area contributed by atoms with Crippen LogP contribution in [-0.2, 0) is 16.0 Å². The molecule has 2 amide bonds. The SMILES string of the molecule is Cc1ccc(CC(=O)N2CCN(C(C)C(=O)N3CC(C)CC(C)C3)CC2)cc1. The molecule has 0 aliphatic carbocycles. The van der Waals surface area contributed by atoms with Crippen LogP contribution in [0.25, 0.3) is 0 Å². The van der Waals surface area contributed by atoms with E-state index in [4.69, 9.17) is 0 Å². The summed E-state index contributed by atoms with van der Waals surface area (Å²) in [6.45, 7) is 13.2. The highest BCUT2D eigenvalue weighted by Crippen LogP contribution is 2.22. The molecule has 0 aromatic heterocycles. The fraction of sp³-hybridized carbons (Fsp3) is 0.652. The van der Waals surface area contributed by atoms with Crippen LogP contribution < -0.4 is 0 Å². The van der Waals surface area contributed by atoms with Crippen molar-refractivity contribution in [2.45, 2.75) is 46.6 Å². The Morgan fingerprint density at radius 2 is 1.54 bits per heavy atom. The van der Waals surface area contributed by atoms with Crippen molar-refractivity contribution in [2.75, 3.05) is 39.3 Å². The van der Waals surface area contributed by atoms with Gasteiger partial charge in [-0.25, -0.2) is 0 Å². The van der Waals surface area contributed by atoms with Crippen molar-refractivity contribution in [2.24, 2.45) is 11.8 Å². The molecule has 3 atom stereocenters. The second-order valence-electron chi connectivity index (χ2n) is 8.94. The van der Waals surface area contributed by atoms with E-state index in [-0.39, 0.29) is 17.9 Å². The Bertz CT molecular complexity index is 670. The molecule has 0 bridgehead atoms. The van der Waals surface area contributed by atoms with Crippen LogP contribution in [0, 0.1) is 18.8 Å². The lowest BCUT2D eigenvalue weighted by atomic mass is 9.91. The zero-order valence-electron chi connectivity index (χ0n) is 17.9. The molecule has 2 aliphatic heterocycles. The molecule has 5 nitrogen and oxygen atoms in total. The molecule has 2 aliphatic rings. The molecule has 1 aromatic carbocycles. The first kappa shape index (κ1) is 20.8. The third-order valence-corrected chi connectivity index (χ3v) is 6.23. The maximum Gasteiger partial charge on any atom is 0.239 e. The van der Waals surface area contributed by atoms with Gasteiger partial charge in [0.15, 0.2) is 0 Å². The number of rotatable bonds is 4. The number of carbonyl (C=O) groups is 2. The van der Waals surface area contributed by atoms with Gasteiger partial charge < -0.3 is 9.80 Å². The van der Waals surface area contributed by atoms with Crippen molar-refractivity contribution >= 4 is 11.8 Å². The van der Waals surface area contributed by atoms with Crippen molar-refractivity contribution in [3.8, 4) is 0 Å². The first-order valence-corrected chi connectivity index (χ1v) is 10.7. The third kappa shape index (κ3) is 5.13. The van der Waals surface area contributed by atoms with Crippen molar-refractivity contribution in [3.63, 3.8) is 0 Å². The van der Waals surface area contributed by atoms with Gasteiger partial charge in [-0.05, 0) is 37.7 Å². The summed E-state index contributed by atoms with van der Waals surface area (Å²) in [7, 11) is 0. The Hall–Kier alpha value is -1.88. The summed E-state index contributed by atoms with van der Waals surface area (Å²) in [5, 5.41) is 0. The summed E-state index contributed by atoms with van der Waals surface area (Å²) in [6, 6.07) is 8.06. The van der Waals surface area contributed by atoms with Crippen LogP contribution in [0.2, 0.25) is 0 Å². The predicted octanol–water partition coefficient (Wildman–Crippen LogP) is 2.57. The second-order valence-corrected chi connectivity index (χ2v) is 8.94. The predicted molar refractivity (Wildman–Crippen MR) is 112 cm³/mol. The van der Waals surface area contributed by atoms with E-state index in [1.807, 2.05) is 24.0 Å². The highest BCUT2D eigenvalue weighted by Gasteiger charge is 2.32. The number of hydrogen-bond donors (Lipinski definition) is 0. The highest BCUT2D eigenvalue weighted by atomic mass is 16.2. The smallest absolute Gasteiger partial charge is 0.239 e. The van der Waals surface area contributed by atoms with Gasteiger partial charge in [0.1, 0.15) is 0 Å². The number of piperazine rings is 1.